The molecule has 0 saturated carbocycles. The van der Waals surface area contributed by atoms with Gasteiger partial charge in [-0.1, -0.05) is 19.9 Å². The highest BCUT2D eigenvalue weighted by Gasteiger charge is 2.18. The van der Waals surface area contributed by atoms with Gasteiger partial charge in [0.25, 0.3) is 5.91 Å². The Kier molecular flexibility index (Phi) is 4.43. The molecule has 0 saturated heterocycles. The van der Waals surface area contributed by atoms with Crippen LogP contribution in [0.4, 0.5) is 5.69 Å². The van der Waals surface area contributed by atoms with E-state index in [9.17, 15) is 4.79 Å². The largest absolute Gasteiger partial charge is 0.326 e. The number of rotatable bonds is 4. The number of nitrogens with zero attached hydrogens (tertiary/aromatic N) is 2. The minimum atomic E-state index is -0.139. The van der Waals surface area contributed by atoms with E-state index < -0.39 is 0 Å². The molecule has 0 aliphatic carbocycles. The average molecular weight is 286 g/mol. The summed E-state index contributed by atoms with van der Waals surface area (Å²) in [5, 5.41) is 7.29. The van der Waals surface area contributed by atoms with Gasteiger partial charge in [-0.3, -0.25) is 9.48 Å². The average Bonchev–Trinajstić information content (AvgIpc) is 2.80. The molecule has 1 aromatic heterocycles. The Labute approximate surface area is 125 Å². The monoisotopic (exact) mass is 286 g/mol. The lowest BCUT2D eigenvalue weighted by molar-refractivity contribution is 0.102. The van der Waals surface area contributed by atoms with Crippen LogP contribution >= 0.6 is 0 Å². The molecule has 0 aliphatic rings. The Morgan fingerprint density at radius 2 is 2.10 bits per heavy atom. The molecule has 21 heavy (non-hydrogen) atoms. The number of anilines is 1. The predicted octanol–water partition coefficient (Wildman–Crippen LogP) is 2.56. The summed E-state index contributed by atoms with van der Waals surface area (Å²) < 4.78 is 1.67. The second-order valence-electron chi connectivity index (χ2n) is 5.62. The molecule has 0 radical (unpaired) electrons. The molecule has 0 spiro atoms. The number of nitrogens with one attached hydrogen (secondary N) is 1. The molecule has 3 N–H and O–H groups in total. The lowest BCUT2D eigenvalue weighted by Gasteiger charge is -2.09. The van der Waals surface area contributed by atoms with Crippen LogP contribution in [0.3, 0.4) is 0 Å². The smallest absolute Gasteiger partial charge is 0.259 e. The van der Waals surface area contributed by atoms with E-state index in [4.69, 9.17) is 5.73 Å². The Balaban J connectivity index is 2.28. The molecule has 0 bridgehead atoms. The molecule has 0 unspecified atom stereocenters. The fraction of sp³-hybridized carbons (Fsp3) is 0.375. The zero-order valence-corrected chi connectivity index (χ0v) is 13.0. The van der Waals surface area contributed by atoms with Crippen molar-refractivity contribution in [2.24, 2.45) is 12.8 Å². The van der Waals surface area contributed by atoms with E-state index in [-0.39, 0.29) is 11.8 Å². The fourth-order valence-electron chi connectivity index (χ4n) is 2.36. The van der Waals surface area contributed by atoms with Crippen LogP contribution in [0.1, 0.15) is 46.9 Å². The van der Waals surface area contributed by atoms with Crippen LogP contribution in [0.25, 0.3) is 0 Å². The second-order valence-corrected chi connectivity index (χ2v) is 5.62. The third kappa shape index (κ3) is 3.49. The molecule has 1 aromatic carbocycles. The van der Waals surface area contributed by atoms with Crippen LogP contribution in [0.5, 0.6) is 0 Å². The van der Waals surface area contributed by atoms with Crippen LogP contribution in [0.2, 0.25) is 0 Å². The number of carbonyl (C=O) groups is 1. The Morgan fingerprint density at radius 1 is 1.38 bits per heavy atom. The van der Waals surface area contributed by atoms with Gasteiger partial charge in [-0.15, -0.1) is 0 Å². The molecule has 2 aromatic rings. The van der Waals surface area contributed by atoms with Gasteiger partial charge in [0, 0.05) is 25.5 Å². The lowest BCUT2D eigenvalue weighted by Crippen LogP contribution is -2.14. The zero-order valence-electron chi connectivity index (χ0n) is 13.0. The van der Waals surface area contributed by atoms with E-state index in [2.05, 4.69) is 10.4 Å². The highest BCUT2D eigenvalue weighted by atomic mass is 16.1. The van der Waals surface area contributed by atoms with Crippen molar-refractivity contribution in [2.45, 2.75) is 33.2 Å². The van der Waals surface area contributed by atoms with Gasteiger partial charge in [-0.2, -0.15) is 5.10 Å². The van der Waals surface area contributed by atoms with Crippen molar-refractivity contribution >= 4 is 11.6 Å². The number of hydrogen-bond acceptors (Lipinski definition) is 3. The minimum Gasteiger partial charge on any atom is -0.326 e. The van der Waals surface area contributed by atoms with E-state index in [1.165, 1.54) is 0 Å². The first kappa shape index (κ1) is 15.3. The third-order valence-corrected chi connectivity index (χ3v) is 3.28. The first-order valence-electron chi connectivity index (χ1n) is 7.06. The molecule has 0 fully saturated rings. The summed E-state index contributed by atoms with van der Waals surface area (Å²) >= 11 is 0. The number of aryl methyl sites for hydroxylation is 2. The van der Waals surface area contributed by atoms with Gasteiger partial charge >= 0.3 is 0 Å². The minimum absolute atomic E-state index is 0.139. The van der Waals surface area contributed by atoms with Crippen LogP contribution < -0.4 is 11.1 Å². The van der Waals surface area contributed by atoms with Gasteiger partial charge in [-0.05, 0) is 36.1 Å². The van der Waals surface area contributed by atoms with Gasteiger partial charge in [0.15, 0.2) is 0 Å². The SMILES string of the molecule is Cc1cc(CN)cc(NC(=O)c2cn(C)nc2C(C)C)c1. The maximum absolute atomic E-state index is 12.5. The van der Waals surface area contributed by atoms with Gasteiger partial charge in [-0.25, -0.2) is 0 Å². The predicted molar refractivity (Wildman–Crippen MR) is 84.3 cm³/mol. The van der Waals surface area contributed by atoms with E-state index in [0.717, 1.165) is 22.5 Å². The van der Waals surface area contributed by atoms with Crippen molar-refractivity contribution in [1.29, 1.82) is 0 Å². The maximum atomic E-state index is 12.5. The summed E-state index contributed by atoms with van der Waals surface area (Å²) in [4.78, 5) is 12.5. The summed E-state index contributed by atoms with van der Waals surface area (Å²) in [6, 6.07) is 5.85. The van der Waals surface area contributed by atoms with Crippen LogP contribution in [0.15, 0.2) is 24.4 Å². The molecule has 0 aliphatic heterocycles. The van der Waals surface area contributed by atoms with Crippen LogP contribution in [0, 0.1) is 6.92 Å². The second kappa shape index (κ2) is 6.10. The normalized spacial score (nSPS) is 11.0. The number of amides is 1. The van der Waals surface area contributed by atoms with Crippen molar-refractivity contribution in [2.75, 3.05) is 5.32 Å². The van der Waals surface area contributed by atoms with Crippen molar-refractivity contribution in [1.82, 2.24) is 9.78 Å². The van der Waals surface area contributed by atoms with Crippen molar-refractivity contribution in [3.63, 3.8) is 0 Å². The maximum Gasteiger partial charge on any atom is 0.259 e. The van der Waals surface area contributed by atoms with E-state index in [1.807, 2.05) is 46.0 Å². The summed E-state index contributed by atoms with van der Waals surface area (Å²) in [5.74, 6) is 0.0597. The zero-order chi connectivity index (χ0) is 15.6. The molecular formula is C16H22N4O. The van der Waals surface area contributed by atoms with E-state index in [1.54, 1.807) is 10.9 Å². The van der Waals surface area contributed by atoms with Crippen LogP contribution in [-0.4, -0.2) is 15.7 Å². The topological polar surface area (TPSA) is 72.9 Å². The summed E-state index contributed by atoms with van der Waals surface area (Å²) in [6.07, 6.45) is 1.75. The molecule has 5 nitrogen and oxygen atoms in total. The first-order chi connectivity index (χ1) is 9.90. The highest BCUT2D eigenvalue weighted by Crippen LogP contribution is 2.20. The number of benzene rings is 1. The fourth-order valence-corrected chi connectivity index (χ4v) is 2.36. The Hall–Kier alpha value is -2.14. The number of nitrogens with two attached hydrogens (primary N) is 1. The molecular weight excluding hydrogens is 264 g/mol. The van der Waals surface area contributed by atoms with Gasteiger partial charge in [0.1, 0.15) is 0 Å². The molecule has 1 heterocycles. The van der Waals surface area contributed by atoms with Crippen molar-refractivity contribution in [3.8, 4) is 0 Å². The molecule has 112 valence electrons. The first-order valence-corrected chi connectivity index (χ1v) is 7.06. The molecule has 5 heteroatoms. The molecule has 0 atom stereocenters. The standard InChI is InChI=1S/C16H22N4O/c1-10(2)15-14(9-20(4)19-15)16(21)18-13-6-11(3)5-12(7-13)8-17/h5-7,9-10H,8,17H2,1-4H3,(H,18,21). The quantitative estimate of drug-likeness (QED) is 0.907. The molecule has 2 rings (SSSR count). The Bertz CT molecular complexity index is 658. The van der Waals surface area contributed by atoms with E-state index >= 15 is 0 Å². The van der Waals surface area contributed by atoms with E-state index in [0.29, 0.717) is 12.1 Å². The Morgan fingerprint density at radius 3 is 2.71 bits per heavy atom. The third-order valence-electron chi connectivity index (χ3n) is 3.28. The van der Waals surface area contributed by atoms with Gasteiger partial charge < -0.3 is 11.1 Å². The lowest BCUT2D eigenvalue weighted by atomic mass is 10.1. The van der Waals surface area contributed by atoms with Crippen molar-refractivity contribution < 1.29 is 4.79 Å². The number of aromatic nitrogens is 2. The summed E-state index contributed by atoms with van der Waals surface area (Å²) in [6.45, 7) is 6.49. The van der Waals surface area contributed by atoms with Crippen LogP contribution in [-0.2, 0) is 13.6 Å². The molecule has 1 amide bonds. The number of carbonyl (C=O) groups excluding carboxylic acids is 1. The summed E-state index contributed by atoms with van der Waals surface area (Å²) in [7, 11) is 1.82. The number of hydrogen-bond donors (Lipinski definition) is 2. The highest BCUT2D eigenvalue weighted by molar-refractivity contribution is 6.05. The van der Waals surface area contributed by atoms with Gasteiger partial charge in [0.2, 0.25) is 0 Å². The van der Waals surface area contributed by atoms with Crippen molar-refractivity contribution in [3.05, 3.63) is 46.8 Å². The summed E-state index contributed by atoms with van der Waals surface area (Å²) in [5.41, 5.74) is 9.93. The van der Waals surface area contributed by atoms with Gasteiger partial charge in [0.05, 0.1) is 11.3 Å².